The molecule has 0 aromatic rings. The van der Waals surface area contributed by atoms with Crippen LogP contribution < -0.4 is 0 Å². The van der Waals surface area contributed by atoms with Gasteiger partial charge in [0.15, 0.2) is 6.23 Å². The van der Waals surface area contributed by atoms with Crippen LogP contribution in [0.4, 0.5) is 13.6 Å². The highest BCUT2D eigenvalue weighted by Crippen LogP contribution is 2.33. The second kappa shape index (κ2) is 4.14. The molecule has 1 amide bonds. The van der Waals surface area contributed by atoms with Crippen molar-refractivity contribution in [1.82, 2.24) is 4.90 Å². The molecule has 1 aliphatic heterocycles. The van der Waals surface area contributed by atoms with Crippen molar-refractivity contribution >= 4 is 6.09 Å². The monoisotopic (exact) mass is 239 g/mol. The molecule has 1 heterocycles. The number of rotatable bonds is 1. The van der Waals surface area contributed by atoms with Crippen LogP contribution in [0.25, 0.3) is 0 Å². The van der Waals surface area contributed by atoms with E-state index in [4.69, 9.17) is 9.99 Å². The minimum absolute atomic E-state index is 0.672. The quantitative estimate of drug-likeness (QED) is 0.562. The third-order valence-corrected chi connectivity index (χ3v) is 1.97. The van der Waals surface area contributed by atoms with Crippen LogP contribution >= 0.6 is 0 Å². The van der Waals surface area contributed by atoms with Gasteiger partial charge in [-0.1, -0.05) is 0 Å². The van der Waals surface area contributed by atoms with Crippen LogP contribution in [0, 0.1) is 0 Å². The highest BCUT2D eigenvalue weighted by Gasteiger charge is 2.49. The Bertz CT molecular complexity index is 277. The molecule has 0 aliphatic carbocycles. The van der Waals surface area contributed by atoms with E-state index in [1.54, 1.807) is 20.8 Å². The molecular weight excluding hydrogens is 224 g/mol. The van der Waals surface area contributed by atoms with Gasteiger partial charge >= 0.3 is 6.09 Å². The van der Waals surface area contributed by atoms with E-state index in [1.807, 2.05) is 0 Å². The largest absolute Gasteiger partial charge is 0.444 e. The first-order chi connectivity index (χ1) is 7.14. The molecule has 1 unspecified atom stereocenters. The summed E-state index contributed by atoms with van der Waals surface area (Å²) >= 11 is 0. The number of hydrogen-bond acceptors (Lipinski definition) is 4. The van der Waals surface area contributed by atoms with Crippen LogP contribution in [-0.2, 0) is 9.62 Å². The summed E-state index contributed by atoms with van der Waals surface area (Å²) < 4.78 is 30.9. The normalized spacial score (nSPS) is 24.6. The van der Waals surface area contributed by atoms with Gasteiger partial charge in [-0.05, 0) is 20.8 Å². The Morgan fingerprint density at radius 2 is 2.06 bits per heavy atom. The standard InChI is InChI=1S/C9H15F2NO4/c1-8(2,3)15-7(13)12-5-9(10,11)4-6(12)16-14/h6,14H,4-5H2,1-3H3. The molecule has 0 aromatic heterocycles. The summed E-state index contributed by atoms with van der Waals surface area (Å²) in [6, 6.07) is 0. The fourth-order valence-corrected chi connectivity index (χ4v) is 1.38. The smallest absolute Gasteiger partial charge is 0.412 e. The zero-order valence-corrected chi connectivity index (χ0v) is 9.37. The number of nitrogens with zero attached hydrogens (tertiary/aromatic N) is 1. The number of likely N-dealkylation sites (tertiary alicyclic amines) is 1. The first-order valence-corrected chi connectivity index (χ1v) is 4.82. The van der Waals surface area contributed by atoms with Gasteiger partial charge < -0.3 is 4.74 Å². The number of carbonyl (C=O) groups is 1. The Labute approximate surface area is 91.9 Å². The van der Waals surface area contributed by atoms with Crippen LogP contribution in [0.5, 0.6) is 0 Å². The minimum atomic E-state index is -3.07. The molecule has 16 heavy (non-hydrogen) atoms. The van der Waals surface area contributed by atoms with E-state index in [0.29, 0.717) is 4.90 Å². The van der Waals surface area contributed by atoms with E-state index in [0.717, 1.165) is 0 Å². The first-order valence-electron chi connectivity index (χ1n) is 4.82. The van der Waals surface area contributed by atoms with Crippen LogP contribution in [0.15, 0.2) is 0 Å². The third-order valence-electron chi connectivity index (χ3n) is 1.97. The Morgan fingerprint density at radius 3 is 2.50 bits per heavy atom. The Kier molecular flexibility index (Phi) is 3.39. The van der Waals surface area contributed by atoms with Crippen molar-refractivity contribution in [2.75, 3.05) is 6.54 Å². The molecule has 0 bridgehead atoms. The molecule has 1 saturated heterocycles. The second-order valence-corrected chi connectivity index (χ2v) is 4.73. The maximum Gasteiger partial charge on any atom is 0.412 e. The maximum absolute atomic E-state index is 13.0. The van der Waals surface area contributed by atoms with Crippen LogP contribution in [-0.4, -0.2) is 40.5 Å². The van der Waals surface area contributed by atoms with Crippen molar-refractivity contribution in [3.63, 3.8) is 0 Å². The van der Waals surface area contributed by atoms with Gasteiger partial charge in [0.25, 0.3) is 5.92 Å². The van der Waals surface area contributed by atoms with Crippen molar-refractivity contribution in [1.29, 1.82) is 0 Å². The van der Waals surface area contributed by atoms with Crippen molar-refractivity contribution in [2.45, 2.75) is 44.9 Å². The van der Waals surface area contributed by atoms with Crippen molar-refractivity contribution in [3.8, 4) is 0 Å². The lowest BCUT2D eigenvalue weighted by Gasteiger charge is -2.26. The van der Waals surface area contributed by atoms with E-state index in [-0.39, 0.29) is 0 Å². The molecule has 94 valence electrons. The highest BCUT2D eigenvalue weighted by atomic mass is 19.3. The van der Waals surface area contributed by atoms with Crippen molar-refractivity contribution in [3.05, 3.63) is 0 Å². The van der Waals surface area contributed by atoms with E-state index in [2.05, 4.69) is 4.89 Å². The SMILES string of the molecule is CC(C)(C)OC(=O)N1CC(F)(F)CC1OO. The lowest BCUT2D eigenvalue weighted by atomic mass is 10.2. The van der Waals surface area contributed by atoms with Gasteiger partial charge in [-0.3, -0.25) is 4.90 Å². The maximum atomic E-state index is 13.0. The zero-order valence-electron chi connectivity index (χ0n) is 9.37. The summed E-state index contributed by atoms with van der Waals surface area (Å²) in [6.07, 6.45) is -3.02. The molecule has 0 spiro atoms. The lowest BCUT2D eigenvalue weighted by Crippen LogP contribution is -2.41. The number of halogens is 2. The third kappa shape index (κ3) is 3.28. The topological polar surface area (TPSA) is 59.0 Å². The van der Waals surface area contributed by atoms with Crippen LogP contribution in [0.3, 0.4) is 0 Å². The van der Waals surface area contributed by atoms with Gasteiger partial charge in [0.1, 0.15) is 5.60 Å². The predicted molar refractivity (Wildman–Crippen MR) is 50.0 cm³/mol. The number of amides is 1. The Morgan fingerprint density at radius 1 is 1.50 bits per heavy atom. The molecule has 1 aliphatic rings. The fraction of sp³-hybridized carbons (Fsp3) is 0.889. The van der Waals surface area contributed by atoms with Crippen molar-refractivity contribution < 1.29 is 28.5 Å². The molecule has 1 atom stereocenters. The first kappa shape index (κ1) is 13.1. The average molecular weight is 239 g/mol. The van der Waals surface area contributed by atoms with Crippen LogP contribution in [0.1, 0.15) is 27.2 Å². The number of ether oxygens (including phenoxy) is 1. The van der Waals surface area contributed by atoms with Gasteiger partial charge in [-0.15, -0.1) is 0 Å². The van der Waals surface area contributed by atoms with Gasteiger partial charge in [0.05, 0.1) is 13.0 Å². The molecule has 0 aromatic carbocycles. The zero-order chi connectivity index (χ0) is 12.6. The lowest BCUT2D eigenvalue weighted by molar-refractivity contribution is -0.302. The summed E-state index contributed by atoms with van der Waals surface area (Å²) in [7, 11) is 0. The highest BCUT2D eigenvalue weighted by molar-refractivity contribution is 5.69. The molecule has 5 nitrogen and oxygen atoms in total. The summed E-state index contributed by atoms with van der Waals surface area (Å²) in [6.45, 7) is 4.04. The minimum Gasteiger partial charge on any atom is -0.444 e. The average Bonchev–Trinajstić information content (AvgIpc) is 2.38. The second-order valence-electron chi connectivity index (χ2n) is 4.73. The fourth-order valence-electron chi connectivity index (χ4n) is 1.38. The molecule has 7 heteroatoms. The number of hydrogen-bond donors (Lipinski definition) is 1. The van der Waals surface area contributed by atoms with E-state index in [9.17, 15) is 13.6 Å². The predicted octanol–water partition coefficient (Wildman–Crippen LogP) is 2.08. The van der Waals surface area contributed by atoms with Crippen LogP contribution in [0.2, 0.25) is 0 Å². The number of alkyl halides is 2. The summed E-state index contributed by atoms with van der Waals surface area (Å²) in [5.74, 6) is -3.07. The Balaban J connectivity index is 2.69. The van der Waals surface area contributed by atoms with Gasteiger partial charge in [0, 0.05) is 0 Å². The molecule has 1 N–H and O–H groups in total. The summed E-state index contributed by atoms with van der Waals surface area (Å²) in [4.78, 5) is 16.0. The molecule has 0 saturated carbocycles. The molecule has 1 fully saturated rings. The van der Waals surface area contributed by atoms with E-state index < -0.39 is 36.8 Å². The van der Waals surface area contributed by atoms with Gasteiger partial charge in [-0.25, -0.2) is 23.7 Å². The summed E-state index contributed by atoms with van der Waals surface area (Å²) in [5, 5.41) is 8.43. The Hall–Kier alpha value is -0.950. The summed E-state index contributed by atoms with van der Waals surface area (Å²) in [5.41, 5.74) is -0.783. The van der Waals surface area contributed by atoms with Gasteiger partial charge in [0.2, 0.25) is 0 Å². The van der Waals surface area contributed by atoms with E-state index >= 15 is 0 Å². The molecular formula is C9H15F2NO4. The van der Waals surface area contributed by atoms with Crippen molar-refractivity contribution in [2.24, 2.45) is 0 Å². The number of carbonyl (C=O) groups excluding carboxylic acids is 1. The van der Waals surface area contributed by atoms with E-state index in [1.165, 1.54) is 0 Å². The van der Waals surface area contributed by atoms with Gasteiger partial charge in [-0.2, -0.15) is 0 Å². The molecule has 1 rings (SSSR count). The molecule has 0 radical (unpaired) electrons.